The molecule has 5 nitrogen and oxygen atoms in total. The van der Waals surface area contributed by atoms with Crippen LogP contribution in [0.2, 0.25) is 5.02 Å². The van der Waals surface area contributed by atoms with Crippen molar-refractivity contribution in [1.29, 1.82) is 0 Å². The Kier molecular flexibility index (Phi) is 5.32. The van der Waals surface area contributed by atoms with Gasteiger partial charge in [-0.05, 0) is 74.8 Å². The third-order valence-corrected chi connectivity index (χ3v) is 5.65. The van der Waals surface area contributed by atoms with Crippen LogP contribution in [0.4, 0.5) is 5.69 Å². The zero-order valence-electron chi connectivity index (χ0n) is 13.9. The third-order valence-electron chi connectivity index (χ3n) is 3.88. The van der Waals surface area contributed by atoms with Gasteiger partial charge >= 0.3 is 0 Å². The Bertz CT molecular complexity index is 908. The Morgan fingerprint density at radius 2 is 1.71 bits per heavy atom. The first-order valence-electron chi connectivity index (χ1n) is 7.28. The van der Waals surface area contributed by atoms with E-state index in [4.69, 9.17) is 11.6 Å². The summed E-state index contributed by atoms with van der Waals surface area (Å²) in [6.07, 6.45) is 0. The molecule has 0 spiro atoms. The fraction of sp³-hybridized carbons (Fsp3) is 0.235. The fourth-order valence-electron chi connectivity index (χ4n) is 2.31. The van der Waals surface area contributed by atoms with E-state index in [9.17, 15) is 13.2 Å². The van der Waals surface area contributed by atoms with Gasteiger partial charge in [0.1, 0.15) is 0 Å². The summed E-state index contributed by atoms with van der Waals surface area (Å²) in [6, 6.07) is 8.19. The number of rotatable bonds is 4. The molecule has 0 radical (unpaired) electrons. The van der Waals surface area contributed by atoms with Crippen molar-refractivity contribution in [3.05, 3.63) is 57.6 Å². The maximum atomic E-state index is 12.5. The van der Waals surface area contributed by atoms with Gasteiger partial charge in [0.05, 0.1) is 4.90 Å². The average Bonchev–Trinajstić information content (AvgIpc) is 2.52. The molecule has 0 bridgehead atoms. The van der Waals surface area contributed by atoms with Gasteiger partial charge in [0.25, 0.3) is 5.91 Å². The summed E-state index contributed by atoms with van der Waals surface area (Å²) >= 11 is 5.91. The van der Waals surface area contributed by atoms with E-state index in [1.165, 1.54) is 13.1 Å². The SMILES string of the molecule is CNS(=O)(=O)c1cc(C(=O)Nc2ccc(Cl)cc2C)cc(C)c1C. The number of nitrogens with one attached hydrogen (secondary N) is 2. The molecule has 0 aromatic heterocycles. The van der Waals surface area contributed by atoms with E-state index in [1.54, 1.807) is 38.1 Å². The lowest BCUT2D eigenvalue weighted by Gasteiger charge is -2.13. The molecule has 24 heavy (non-hydrogen) atoms. The lowest BCUT2D eigenvalue weighted by atomic mass is 10.1. The van der Waals surface area contributed by atoms with Gasteiger partial charge in [-0.3, -0.25) is 4.79 Å². The predicted molar refractivity (Wildman–Crippen MR) is 96.3 cm³/mol. The topological polar surface area (TPSA) is 75.3 Å². The van der Waals surface area contributed by atoms with Gasteiger partial charge in [0.2, 0.25) is 10.0 Å². The molecule has 128 valence electrons. The number of hydrogen-bond acceptors (Lipinski definition) is 3. The minimum atomic E-state index is -3.64. The summed E-state index contributed by atoms with van der Waals surface area (Å²) in [6.45, 7) is 5.32. The van der Waals surface area contributed by atoms with Crippen molar-refractivity contribution in [2.75, 3.05) is 12.4 Å². The van der Waals surface area contributed by atoms with Crippen LogP contribution in [0.3, 0.4) is 0 Å². The van der Waals surface area contributed by atoms with Crippen LogP contribution in [0.15, 0.2) is 35.2 Å². The second-order valence-corrected chi connectivity index (χ2v) is 7.83. The van der Waals surface area contributed by atoms with Crippen molar-refractivity contribution in [1.82, 2.24) is 4.72 Å². The minimum absolute atomic E-state index is 0.1000. The molecule has 0 atom stereocenters. The zero-order valence-corrected chi connectivity index (χ0v) is 15.5. The molecular formula is C17H19ClN2O3S. The Morgan fingerprint density at radius 3 is 2.29 bits per heavy atom. The van der Waals surface area contributed by atoms with Crippen molar-refractivity contribution in [2.24, 2.45) is 0 Å². The van der Waals surface area contributed by atoms with Crippen molar-refractivity contribution < 1.29 is 13.2 Å². The second kappa shape index (κ2) is 6.93. The van der Waals surface area contributed by atoms with E-state index >= 15 is 0 Å². The van der Waals surface area contributed by atoms with Gasteiger partial charge in [0, 0.05) is 16.3 Å². The number of hydrogen-bond donors (Lipinski definition) is 2. The van der Waals surface area contributed by atoms with Crippen LogP contribution in [0, 0.1) is 20.8 Å². The lowest BCUT2D eigenvalue weighted by molar-refractivity contribution is 0.102. The number of aryl methyl sites for hydroxylation is 2. The molecule has 0 saturated carbocycles. The molecule has 0 aliphatic heterocycles. The van der Waals surface area contributed by atoms with Crippen molar-refractivity contribution >= 4 is 33.2 Å². The summed E-state index contributed by atoms with van der Waals surface area (Å²) in [5.41, 5.74) is 3.07. The van der Waals surface area contributed by atoms with E-state index in [-0.39, 0.29) is 16.4 Å². The van der Waals surface area contributed by atoms with E-state index in [1.807, 2.05) is 6.92 Å². The smallest absolute Gasteiger partial charge is 0.255 e. The molecule has 0 aliphatic carbocycles. The molecule has 2 aromatic rings. The fourth-order valence-corrected chi connectivity index (χ4v) is 3.60. The summed E-state index contributed by atoms with van der Waals surface area (Å²) in [5.74, 6) is -0.379. The van der Waals surface area contributed by atoms with E-state index in [2.05, 4.69) is 10.0 Å². The molecule has 0 unspecified atom stereocenters. The normalized spacial score (nSPS) is 11.4. The van der Waals surface area contributed by atoms with Gasteiger partial charge < -0.3 is 5.32 Å². The first kappa shape index (κ1) is 18.4. The van der Waals surface area contributed by atoms with Crippen molar-refractivity contribution in [2.45, 2.75) is 25.7 Å². The molecule has 0 aliphatic rings. The average molecular weight is 367 g/mol. The summed E-state index contributed by atoms with van der Waals surface area (Å²) in [5, 5.41) is 3.37. The van der Waals surface area contributed by atoms with Crippen LogP contribution in [-0.4, -0.2) is 21.4 Å². The molecule has 2 N–H and O–H groups in total. The Hall–Kier alpha value is -1.89. The lowest BCUT2D eigenvalue weighted by Crippen LogP contribution is -2.21. The summed E-state index contributed by atoms with van der Waals surface area (Å²) < 4.78 is 26.6. The highest BCUT2D eigenvalue weighted by Crippen LogP contribution is 2.23. The summed E-state index contributed by atoms with van der Waals surface area (Å²) in [4.78, 5) is 12.6. The molecular weight excluding hydrogens is 348 g/mol. The predicted octanol–water partition coefficient (Wildman–Crippen LogP) is 3.43. The summed E-state index contributed by atoms with van der Waals surface area (Å²) in [7, 11) is -2.30. The van der Waals surface area contributed by atoms with Crippen LogP contribution in [0.1, 0.15) is 27.0 Å². The van der Waals surface area contributed by atoms with Gasteiger partial charge in [-0.25, -0.2) is 13.1 Å². The Labute approximate surface area is 147 Å². The van der Waals surface area contributed by atoms with Crippen molar-refractivity contribution in [3.63, 3.8) is 0 Å². The molecule has 1 amide bonds. The van der Waals surface area contributed by atoms with E-state index < -0.39 is 10.0 Å². The molecule has 0 fully saturated rings. The minimum Gasteiger partial charge on any atom is -0.322 e. The Morgan fingerprint density at radius 1 is 1.04 bits per heavy atom. The first-order valence-corrected chi connectivity index (χ1v) is 9.14. The van der Waals surface area contributed by atoms with Gasteiger partial charge in [0.15, 0.2) is 0 Å². The van der Waals surface area contributed by atoms with Crippen LogP contribution >= 0.6 is 11.6 Å². The molecule has 0 heterocycles. The van der Waals surface area contributed by atoms with Crippen LogP contribution in [0.5, 0.6) is 0 Å². The van der Waals surface area contributed by atoms with Gasteiger partial charge in [-0.1, -0.05) is 11.6 Å². The van der Waals surface area contributed by atoms with E-state index in [0.717, 1.165) is 11.1 Å². The number of carbonyl (C=O) groups excluding carboxylic acids is 1. The largest absolute Gasteiger partial charge is 0.322 e. The zero-order chi connectivity index (χ0) is 18.1. The quantitative estimate of drug-likeness (QED) is 0.870. The van der Waals surface area contributed by atoms with E-state index in [0.29, 0.717) is 16.3 Å². The second-order valence-electron chi connectivity index (χ2n) is 5.54. The van der Waals surface area contributed by atoms with Gasteiger partial charge in [-0.15, -0.1) is 0 Å². The standard InChI is InChI=1S/C17H19ClN2O3S/c1-10-7-13(9-16(12(10)3)24(22,23)19-4)17(21)20-15-6-5-14(18)8-11(15)2/h5-9,19H,1-4H3,(H,20,21). The monoisotopic (exact) mass is 366 g/mol. The maximum Gasteiger partial charge on any atom is 0.255 e. The van der Waals surface area contributed by atoms with Gasteiger partial charge in [-0.2, -0.15) is 0 Å². The first-order chi connectivity index (χ1) is 11.2. The molecule has 7 heteroatoms. The third kappa shape index (κ3) is 3.77. The highest BCUT2D eigenvalue weighted by Gasteiger charge is 2.19. The molecule has 0 saturated heterocycles. The number of benzene rings is 2. The van der Waals surface area contributed by atoms with Crippen LogP contribution in [-0.2, 0) is 10.0 Å². The van der Waals surface area contributed by atoms with Crippen molar-refractivity contribution in [3.8, 4) is 0 Å². The number of carbonyl (C=O) groups is 1. The molecule has 2 rings (SSSR count). The highest BCUT2D eigenvalue weighted by atomic mass is 35.5. The van der Waals surface area contributed by atoms with Crippen LogP contribution < -0.4 is 10.0 Å². The number of anilines is 1. The number of amides is 1. The Balaban J connectivity index is 2.43. The maximum absolute atomic E-state index is 12.5. The molecule has 2 aromatic carbocycles. The highest BCUT2D eigenvalue weighted by molar-refractivity contribution is 7.89. The number of sulfonamides is 1. The number of halogens is 1. The van der Waals surface area contributed by atoms with Crippen LogP contribution in [0.25, 0.3) is 0 Å².